The highest BCUT2D eigenvalue weighted by Crippen LogP contribution is 2.39. The van der Waals surface area contributed by atoms with E-state index in [2.05, 4.69) is 27.9 Å². The van der Waals surface area contributed by atoms with Gasteiger partial charge in [-0.2, -0.15) is 5.10 Å². The van der Waals surface area contributed by atoms with Crippen LogP contribution in [0.2, 0.25) is 5.02 Å². The number of nitrogens with one attached hydrogen (secondary N) is 2. The number of nitrogens with zero attached hydrogens (tertiary/aromatic N) is 2. The van der Waals surface area contributed by atoms with Crippen molar-refractivity contribution < 1.29 is 9.59 Å². The first kappa shape index (κ1) is 21.9. The molecule has 2 amide bonds. The summed E-state index contributed by atoms with van der Waals surface area (Å²) in [4.78, 5) is 26.3. The van der Waals surface area contributed by atoms with Gasteiger partial charge in [0.05, 0.1) is 5.69 Å². The van der Waals surface area contributed by atoms with Crippen LogP contribution in [-0.2, 0) is 11.8 Å². The fraction of sp³-hybridized carbons (Fsp3) is 0.148. The summed E-state index contributed by atoms with van der Waals surface area (Å²) < 4.78 is 1.67. The quantitative estimate of drug-likeness (QED) is 0.444. The molecule has 2 N–H and O–H groups in total. The van der Waals surface area contributed by atoms with Gasteiger partial charge in [-0.15, -0.1) is 0 Å². The molecule has 0 saturated carbocycles. The molecule has 0 aliphatic carbocycles. The van der Waals surface area contributed by atoms with Crippen molar-refractivity contribution in [2.24, 2.45) is 7.05 Å². The standard InChI is InChI=1S/C27H23ClN4O2/c1-16-22-23(19-10-8-18(9-11-19)17-6-4-3-5-7-17)24(27(34)30-25(22)32(2)31-16)29-26(33)20-12-14-21(28)15-13-20/h3-15,23-24H,1-2H3,(H,29,33)(H,30,34)/t23-,24+/m1/s1. The minimum absolute atomic E-state index is 0.282. The Morgan fingerprint density at radius 2 is 1.62 bits per heavy atom. The number of carbonyl (C=O) groups is 2. The Morgan fingerprint density at radius 1 is 0.971 bits per heavy atom. The van der Waals surface area contributed by atoms with Gasteiger partial charge < -0.3 is 10.6 Å². The lowest BCUT2D eigenvalue weighted by Gasteiger charge is -2.32. The van der Waals surface area contributed by atoms with Crippen LogP contribution in [0, 0.1) is 6.92 Å². The van der Waals surface area contributed by atoms with Crippen LogP contribution >= 0.6 is 11.6 Å². The molecule has 1 aromatic heterocycles. The van der Waals surface area contributed by atoms with Crippen LogP contribution in [0.4, 0.5) is 5.82 Å². The molecule has 0 spiro atoms. The molecule has 0 unspecified atom stereocenters. The molecule has 1 aliphatic heterocycles. The average molecular weight is 471 g/mol. The summed E-state index contributed by atoms with van der Waals surface area (Å²) in [6.45, 7) is 1.92. The zero-order valence-electron chi connectivity index (χ0n) is 18.7. The van der Waals surface area contributed by atoms with Crippen LogP contribution in [0.15, 0.2) is 78.9 Å². The second-order valence-corrected chi connectivity index (χ2v) is 8.82. The van der Waals surface area contributed by atoms with Crippen molar-refractivity contribution in [3.8, 4) is 11.1 Å². The van der Waals surface area contributed by atoms with Gasteiger partial charge in [0, 0.05) is 29.1 Å². The van der Waals surface area contributed by atoms with Gasteiger partial charge in [-0.05, 0) is 47.9 Å². The Kier molecular flexibility index (Phi) is 5.67. The van der Waals surface area contributed by atoms with Gasteiger partial charge in [0.2, 0.25) is 5.91 Å². The predicted molar refractivity (Wildman–Crippen MR) is 133 cm³/mol. The van der Waals surface area contributed by atoms with Gasteiger partial charge >= 0.3 is 0 Å². The van der Waals surface area contributed by atoms with Crippen molar-refractivity contribution in [2.45, 2.75) is 18.9 Å². The SMILES string of the molecule is Cc1nn(C)c2c1[C@@H](c1ccc(-c3ccccc3)cc1)[C@H](NC(=O)c1ccc(Cl)cc1)C(=O)N2. The number of aromatic nitrogens is 2. The molecule has 2 atom stereocenters. The average Bonchev–Trinajstić information content (AvgIpc) is 3.13. The summed E-state index contributed by atoms with van der Waals surface area (Å²) in [7, 11) is 1.80. The van der Waals surface area contributed by atoms with Gasteiger partial charge in [-0.3, -0.25) is 14.3 Å². The molecule has 4 aromatic rings. The number of rotatable bonds is 4. The third kappa shape index (κ3) is 3.97. The zero-order chi connectivity index (χ0) is 23.8. The Labute approximate surface area is 202 Å². The van der Waals surface area contributed by atoms with E-state index < -0.39 is 12.0 Å². The van der Waals surface area contributed by atoms with Crippen molar-refractivity contribution in [3.05, 3.63) is 106 Å². The van der Waals surface area contributed by atoms with Gasteiger partial charge in [0.1, 0.15) is 11.9 Å². The highest BCUT2D eigenvalue weighted by atomic mass is 35.5. The molecule has 6 nitrogen and oxygen atoms in total. The van der Waals surface area contributed by atoms with Gasteiger partial charge in [-0.25, -0.2) is 0 Å². The maximum atomic E-state index is 13.2. The lowest BCUT2D eigenvalue weighted by molar-refractivity contribution is -0.118. The Hall–Kier alpha value is -3.90. The maximum Gasteiger partial charge on any atom is 0.251 e. The molecular weight excluding hydrogens is 448 g/mol. The largest absolute Gasteiger partial charge is 0.339 e. The minimum atomic E-state index is -0.804. The van der Waals surface area contributed by atoms with E-state index in [9.17, 15) is 9.59 Å². The Balaban J connectivity index is 1.55. The number of halogens is 1. The summed E-state index contributed by atoms with van der Waals surface area (Å²) in [6.07, 6.45) is 0. The number of fused-ring (bicyclic) bond motifs is 1. The normalized spacial score (nSPS) is 17.1. The first-order valence-corrected chi connectivity index (χ1v) is 11.4. The molecule has 0 saturated heterocycles. The summed E-state index contributed by atoms with van der Waals surface area (Å²) in [5, 5.41) is 10.9. The molecular formula is C27H23ClN4O2. The monoisotopic (exact) mass is 470 g/mol. The highest BCUT2D eigenvalue weighted by Gasteiger charge is 2.41. The molecule has 0 fully saturated rings. The van der Waals surface area contributed by atoms with Crippen LogP contribution in [0.1, 0.15) is 33.1 Å². The second kappa shape index (κ2) is 8.80. The van der Waals surface area contributed by atoms with Crippen molar-refractivity contribution in [1.82, 2.24) is 15.1 Å². The Morgan fingerprint density at radius 3 is 2.29 bits per heavy atom. The minimum Gasteiger partial charge on any atom is -0.339 e. The third-order valence-electron chi connectivity index (χ3n) is 6.21. The molecule has 170 valence electrons. The number of anilines is 1. The van der Waals surface area contributed by atoms with Gasteiger partial charge in [0.25, 0.3) is 5.91 Å². The molecule has 1 aliphatic rings. The topological polar surface area (TPSA) is 76.0 Å². The van der Waals surface area contributed by atoms with Crippen LogP contribution in [-0.4, -0.2) is 27.6 Å². The lowest BCUT2D eigenvalue weighted by Crippen LogP contribution is -2.50. The van der Waals surface area contributed by atoms with Crippen LogP contribution in [0.3, 0.4) is 0 Å². The zero-order valence-corrected chi connectivity index (χ0v) is 19.5. The molecule has 3 aromatic carbocycles. The summed E-state index contributed by atoms with van der Waals surface area (Å²) in [5.41, 5.74) is 5.25. The number of hydrogen-bond donors (Lipinski definition) is 2. The van der Waals surface area contributed by atoms with Crippen molar-refractivity contribution >= 4 is 29.2 Å². The lowest BCUT2D eigenvalue weighted by atomic mass is 9.81. The van der Waals surface area contributed by atoms with Crippen LogP contribution in [0.5, 0.6) is 0 Å². The van der Waals surface area contributed by atoms with E-state index >= 15 is 0 Å². The number of hydrogen-bond acceptors (Lipinski definition) is 3. The van der Waals surface area contributed by atoms with Gasteiger partial charge in [0.15, 0.2) is 0 Å². The van der Waals surface area contributed by atoms with E-state index in [0.717, 1.165) is 27.9 Å². The predicted octanol–water partition coefficient (Wildman–Crippen LogP) is 4.93. The number of aryl methyl sites for hydroxylation is 2. The van der Waals surface area contributed by atoms with E-state index in [-0.39, 0.29) is 11.8 Å². The maximum absolute atomic E-state index is 13.2. The first-order chi connectivity index (χ1) is 16.4. The smallest absolute Gasteiger partial charge is 0.251 e. The molecule has 0 radical (unpaired) electrons. The molecule has 0 bridgehead atoms. The van der Waals surface area contributed by atoms with Crippen molar-refractivity contribution in [2.75, 3.05) is 5.32 Å². The van der Waals surface area contributed by atoms with E-state index in [0.29, 0.717) is 16.4 Å². The fourth-order valence-corrected chi connectivity index (χ4v) is 4.68. The van der Waals surface area contributed by atoms with Crippen LogP contribution in [0.25, 0.3) is 11.1 Å². The Bertz CT molecular complexity index is 1360. The number of carbonyl (C=O) groups excluding carboxylic acids is 2. The molecule has 7 heteroatoms. The fourth-order valence-electron chi connectivity index (χ4n) is 4.55. The summed E-state index contributed by atoms with van der Waals surface area (Å²) in [5.74, 6) is -0.363. The molecule has 5 rings (SSSR count). The first-order valence-electron chi connectivity index (χ1n) is 11.0. The van der Waals surface area contributed by atoms with Crippen molar-refractivity contribution in [3.63, 3.8) is 0 Å². The van der Waals surface area contributed by atoms with Crippen molar-refractivity contribution in [1.29, 1.82) is 0 Å². The number of benzene rings is 3. The third-order valence-corrected chi connectivity index (χ3v) is 6.46. The van der Waals surface area contributed by atoms with E-state index in [1.165, 1.54) is 0 Å². The summed E-state index contributed by atoms with van der Waals surface area (Å²) >= 11 is 5.96. The number of amides is 2. The highest BCUT2D eigenvalue weighted by molar-refractivity contribution is 6.30. The van der Waals surface area contributed by atoms with Gasteiger partial charge in [-0.1, -0.05) is 66.2 Å². The summed E-state index contributed by atoms with van der Waals surface area (Å²) in [6, 6.07) is 24.0. The van der Waals surface area contributed by atoms with E-state index in [1.807, 2.05) is 49.4 Å². The van der Waals surface area contributed by atoms with Crippen LogP contribution < -0.4 is 10.6 Å². The molecule has 2 heterocycles. The second-order valence-electron chi connectivity index (χ2n) is 8.38. The molecule has 34 heavy (non-hydrogen) atoms. The van der Waals surface area contributed by atoms with E-state index in [1.54, 1.807) is 36.0 Å². The van der Waals surface area contributed by atoms with E-state index in [4.69, 9.17) is 11.6 Å².